The molecule has 2 aromatic rings. The van der Waals surface area contributed by atoms with Gasteiger partial charge >= 0.3 is 5.97 Å². The first-order valence-corrected chi connectivity index (χ1v) is 8.53. The summed E-state index contributed by atoms with van der Waals surface area (Å²) in [6, 6.07) is 13.6. The minimum atomic E-state index is -0.443. The predicted molar refractivity (Wildman–Crippen MR) is 105 cm³/mol. The minimum Gasteiger partial charge on any atom is -0.462 e. The Labute approximate surface area is 158 Å². The number of hydrogen-bond donors (Lipinski definition) is 2. The van der Waals surface area contributed by atoms with Gasteiger partial charge in [0.05, 0.1) is 12.2 Å². The average molecular weight is 369 g/mol. The van der Waals surface area contributed by atoms with Gasteiger partial charge in [-0.3, -0.25) is 9.59 Å². The van der Waals surface area contributed by atoms with Crippen LogP contribution >= 0.6 is 0 Å². The zero-order valence-corrected chi connectivity index (χ0v) is 15.6. The summed E-state index contributed by atoms with van der Waals surface area (Å²) in [4.78, 5) is 37.6. The normalized spacial score (nSPS) is 10.0. The molecule has 7 nitrogen and oxygen atoms in total. The number of ether oxygens (including phenoxy) is 1. The van der Waals surface area contributed by atoms with Crippen LogP contribution in [0.15, 0.2) is 48.5 Å². The van der Waals surface area contributed by atoms with E-state index < -0.39 is 17.8 Å². The smallest absolute Gasteiger partial charge is 0.338 e. The topological polar surface area (TPSA) is 87.7 Å². The van der Waals surface area contributed by atoms with Gasteiger partial charge in [0.2, 0.25) is 11.8 Å². The molecule has 142 valence electrons. The number of anilines is 3. The lowest BCUT2D eigenvalue weighted by Gasteiger charge is -2.13. The van der Waals surface area contributed by atoms with Crippen molar-refractivity contribution in [2.75, 3.05) is 36.2 Å². The molecule has 0 spiro atoms. The Morgan fingerprint density at radius 3 is 1.78 bits per heavy atom. The molecule has 0 fully saturated rings. The molecule has 0 aliphatic carbocycles. The molecule has 0 aliphatic rings. The van der Waals surface area contributed by atoms with Crippen LogP contribution in [0.5, 0.6) is 0 Å². The maximum Gasteiger partial charge on any atom is 0.338 e. The zero-order chi connectivity index (χ0) is 19.8. The second kappa shape index (κ2) is 9.38. The summed E-state index contributed by atoms with van der Waals surface area (Å²) in [6.45, 7) is 2.03. The van der Waals surface area contributed by atoms with Crippen LogP contribution in [-0.4, -0.2) is 38.5 Å². The van der Waals surface area contributed by atoms with Gasteiger partial charge in [0.25, 0.3) is 0 Å². The summed E-state index contributed by atoms with van der Waals surface area (Å²) in [5.41, 5.74) is 2.53. The van der Waals surface area contributed by atoms with E-state index in [9.17, 15) is 14.4 Å². The molecule has 0 aliphatic heterocycles. The van der Waals surface area contributed by atoms with Crippen molar-refractivity contribution in [3.8, 4) is 0 Å². The molecule has 0 heterocycles. The van der Waals surface area contributed by atoms with Gasteiger partial charge in [-0.2, -0.15) is 0 Å². The minimum absolute atomic E-state index is 0.296. The predicted octanol–water partition coefficient (Wildman–Crippen LogP) is 2.90. The molecule has 0 aromatic heterocycles. The van der Waals surface area contributed by atoms with E-state index in [2.05, 4.69) is 10.6 Å². The van der Waals surface area contributed by atoms with Crippen LogP contribution < -0.4 is 15.5 Å². The fourth-order valence-electron chi connectivity index (χ4n) is 2.30. The van der Waals surface area contributed by atoms with Gasteiger partial charge in [0, 0.05) is 31.2 Å². The number of carbonyl (C=O) groups excluding carboxylic acids is 3. The Hall–Kier alpha value is -3.35. The van der Waals surface area contributed by atoms with E-state index in [4.69, 9.17) is 4.74 Å². The molecule has 0 unspecified atom stereocenters. The van der Waals surface area contributed by atoms with E-state index in [1.807, 2.05) is 31.1 Å². The zero-order valence-electron chi connectivity index (χ0n) is 15.6. The third kappa shape index (κ3) is 6.14. The highest BCUT2D eigenvalue weighted by Gasteiger charge is 2.11. The second-order valence-electron chi connectivity index (χ2n) is 6.01. The number of hydrogen-bond acceptors (Lipinski definition) is 5. The maximum absolute atomic E-state index is 12.0. The van der Waals surface area contributed by atoms with Crippen molar-refractivity contribution < 1.29 is 19.1 Å². The Bertz CT molecular complexity index is 799. The van der Waals surface area contributed by atoms with E-state index in [1.54, 1.807) is 43.3 Å². The number of amides is 2. The third-order valence-corrected chi connectivity index (χ3v) is 3.67. The van der Waals surface area contributed by atoms with Crippen LogP contribution in [0.2, 0.25) is 0 Å². The van der Waals surface area contributed by atoms with Crippen molar-refractivity contribution in [1.29, 1.82) is 0 Å². The van der Waals surface area contributed by atoms with E-state index in [-0.39, 0.29) is 6.42 Å². The lowest BCUT2D eigenvalue weighted by Crippen LogP contribution is -2.21. The van der Waals surface area contributed by atoms with Crippen molar-refractivity contribution in [2.24, 2.45) is 0 Å². The molecule has 0 saturated heterocycles. The van der Waals surface area contributed by atoms with Crippen molar-refractivity contribution in [3.63, 3.8) is 0 Å². The van der Waals surface area contributed by atoms with Gasteiger partial charge in [0.15, 0.2) is 0 Å². The van der Waals surface area contributed by atoms with Crippen molar-refractivity contribution in [1.82, 2.24) is 0 Å². The molecule has 0 bridgehead atoms. The van der Waals surface area contributed by atoms with Crippen LogP contribution in [0, 0.1) is 0 Å². The molecule has 0 atom stereocenters. The lowest BCUT2D eigenvalue weighted by molar-refractivity contribution is -0.123. The summed E-state index contributed by atoms with van der Waals surface area (Å²) in [5.74, 6) is -1.27. The standard InChI is InChI=1S/C20H23N3O4/c1-4-27-20(26)14-5-7-15(8-6-14)21-18(24)13-19(25)22-16-9-11-17(12-10-16)23(2)3/h5-12H,4,13H2,1-3H3,(H,21,24)(H,22,25). The van der Waals surface area contributed by atoms with Gasteiger partial charge in [-0.25, -0.2) is 4.79 Å². The Morgan fingerprint density at radius 2 is 1.33 bits per heavy atom. The summed E-state index contributed by atoms with van der Waals surface area (Å²) >= 11 is 0. The van der Waals surface area contributed by atoms with E-state index >= 15 is 0 Å². The third-order valence-electron chi connectivity index (χ3n) is 3.67. The summed E-state index contributed by atoms with van der Waals surface area (Å²) in [5, 5.41) is 5.31. The van der Waals surface area contributed by atoms with Crippen molar-refractivity contribution in [2.45, 2.75) is 13.3 Å². The van der Waals surface area contributed by atoms with Gasteiger partial charge in [-0.05, 0) is 55.5 Å². The molecule has 2 aromatic carbocycles. The van der Waals surface area contributed by atoms with Gasteiger partial charge in [0.1, 0.15) is 6.42 Å². The molecule has 7 heteroatoms. The van der Waals surface area contributed by atoms with E-state index in [0.29, 0.717) is 23.5 Å². The van der Waals surface area contributed by atoms with Crippen LogP contribution in [0.1, 0.15) is 23.7 Å². The van der Waals surface area contributed by atoms with Crippen LogP contribution in [0.3, 0.4) is 0 Å². The SMILES string of the molecule is CCOC(=O)c1ccc(NC(=O)CC(=O)Nc2ccc(N(C)C)cc2)cc1. The van der Waals surface area contributed by atoms with E-state index in [1.165, 1.54) is 0 Å². The molecular weight excluding hydrogens is 346 g/mol. The van der Waals surface area contributed by atoms with E-state index in [0.717, 1.165) is 5.69 Å². The molecule has 0 saturated carbocycles. The van der Waals surface area contributed by atoms with Crippen LogP contribution in [0.4, 0.5) is 17.1 Å². The lowest BCUT2D eigenvalue weighted by atomic mass is 10.2. The van der Waals surface area contributed by atoms with Gasteiger partial charge in [-0.1, -0.05) is 0 Å². The molecule has 0 radical (unpaired) electrons. The fraction of sp³-hybridized carbons (Fsp3) is 0.250. The Balaban J connectivity index is 1.85. The number of rotatable bonds is 7. The van der Waals surface area contributed by atoms with Crippen molar-refractivity contribution >= 4 is 34.8 Å². The molecule has 2 rings (SSSR count). The number of benzene rings is 2. The Kier molecular flexibility index (Phi) is 6.93. The number of esters is 1. The first kappa shape index (κ1) is 20.0. The highest BCUT2D eigenvalue weighted by molar-refractivity contribution is 6.08. The first-order chi connectivity index (χ1) is 12.9. The molecule has 2 N–H and O–H groups in total. The molecular formula is C20H23N3O4. The number of carbonyl (C=O) groups is 3. The van der Waals surface area contributed by atoms with Gasteiger partial charge < -0.3 is 20.3 Å². The first-order valence-electron chi connectivity index (χ1n) is 8.53. The monoisotopic (exact) mass is 369 g/mol. The Morgan fingerprint density at radius 1 is 0.852 bits per heavy atom. The molecule has 2 amide bonds. The molecule has 27 heavy (non-hydrogen) atoms. The fourth-order valence-corrected chi connectivity index (χ4v) is 2.30. The highest BCUT2D eigenvalue weighted by Crippen LogP contribution is 2.16. The van der Waals surface area contributed by atoms with Gasteiger partial charge in [-0.15, -0.1) is 0 Å². The summed E-state index contributed by atoms with van der Waals surface area (Å²) in [6.07, 6.45) is -0.310. The average Bonchev–Trinajstić information content (AvgIpc) is 2.62. The highest BCUT2D eigenvalue weighted by atomic mass is 16.5. The largest absolute Gasteiger partial charge is 0.462 e. The summed E-state index contributed by atoms with van der Waals surface area (Å²) < 4.78 is 4.90. The van der Waals surface area contributed by atoms with Crippen LogP contribution in [-0.2, 0) is 14.3 Å². The van der Waals surface area contributed by atoms with Crippen molar-refractivity contribution in [3.05, 3.63) is 54.1 Å². The maximum atomic E-state index is 12.0. The number of nitrogens with one attached hydrogen (secondary N) is 2. The second-order valence-corrected chi connectivity index (χ2v) is 6.01. The number of nitrogens with zero attached hydrogens (tertiary/aromatic N) is 1. The van der Waals surface area contributed by atoms with Crippen LogP contribution in [0.25, 0.3) is 0 Å². The quantitative estimate of drug-likeness (QED) is 0.579. The summed E-state index contributed by atoms with van der Waals surface area (Å²) in [7, 11) is 3.86.